The van der Waals surface area contributed by atoms with Crippen LogP contribution >= 0.6 is 0 Å². The minimum Gasteiger partial charge on any atom is -0.497 e. The summed E-state index contributed by atoms with van der Waals surface area (Å²) >= 11 is 0. The molecule has 5 heteroatoms. The number of ether oxygens (including phenoxy) is 1. The molecule has 0 saturated heterocycles. The number of methoxy groups -OCH3 is 1. The quantitative estimate of drug-likeness (QED) is 0.791. The van der Waals surface area contributed by atoms with Gasteiger partial charge < -0.3 is 4.74 Å². The molecule has 2 nitrogen and oxygen atoms in total. The van der Waals surface area contributed by atoms with Gasteiger partial charge in [-0.3, -0.25) is 4.79 Å². The van der Waals surface area contributed by atoms with Crippen LogP contribution in [0.4, 0.5) is 13.2 Å². The van der Waals surface area contributed by atoms with E-state index in [-0.39, 0.29) is 11.1 Å². The van der Waals surface area contributed by atoms with Gasteiger partial charge in [-0.2, -0.15) is 13.2 Å². The lowest BCUT2D eigenvalue weighted by molar-refractivity contribution is -0.137. The van der Waals surface area contributed by atoms with Crippen molar-refractivity contribution in [3.63, 3.8) is 0 Å². The van der Waals surface area contributed by atoms with Crippen LogP contribution in [-0.4, -0.2) is 12.9 Å². The minimum absolute atomic E-state index is 0.229. The van der Waals surface area contributed by atoms with Crippen LogP contribution in [0.5, 0.6) is 5.75 Å². The van der Waals surface area contributed by atoms with Crippen LogP contribution in [0.25, 0.3) is 0 Å². The van der Waals surface area contributed by atoms with Gasteiger partial charge in [-0.25, -0.2) is 0 Å². The van der Waals surface area contributed by atoms with Crippen LogP contribution in [0.2, 0.25) is 0 Å². The Morgan fingerprint density at radius 2 is 1.71 bits per heavy atom. The molecule has 0 fully saturated rings. The maximum Gasteiger partial charge on any atom is 0.417 e. The normalized spacial score (nSPS) is 11.3. The lowest BCUT2D eigenvalue weighted by atomic mass is 9.95. The summed E-state index contributed by atoms with van der Waals surface area (Å²) < 4.78 is 43.9. The summed E-state index contributed by atoms with van der Waals surface area (Å²) in [5, 5.41) is 0. The third-order valence-electron chi connectivity index (χ3n) is 3.16. The monoisotopic (exact) mass is 294 g/mol. The van der Waals surface area contributed by atoms with E-state index in [2.05, 4.69) is 0 Å². The Hall–Kier alpha value is -2.30. The number of benzene rings is 2. The molecule has 0 heterocycles. The van der Waals surface area contributed by atoms with Gasteiger partial charge in [0.05, 0.1) is 12.7 Å². The van der Waals surface area contributed by atoms with Gasteiger partial charge in [0.1, 0.15) is 5.75 Å². The summed E-state index contributed by atoms with van der Waals surface area (Å²) in [5.41, 5.74) is -0.479. The molecule has 2 rings (SSSR count). The van der Waals surface area contributed by atoms with Crippen molar-refractivity contribution in [1.29, 1.82) is 0 Å². The molecule has 0 aliphatic heterocycles. The zero-order chi connectivity index (χ0) is 15.6. The van der Waals surface area contributed by atoms with E-state index in [1.54, 1.807) is 19.1 Å². The Bertz CT molecular complexity index is 675. The predicted molar refractivity (Wildman–Crippen MR) is 72.6 cm³/mol. The zero-order valence-electron chi connectivity index (χ0n) is 11.5. The Labute approximate surface area is 120 Å². The molecule has 0 amide bonds. The Balaban J connectivity index is 2.51. The number of hydrogen-bond acceptors (Lipinski definition) is 2. The molecule has 0 aliphatic rings. The standard InChI is InChI=1S/C16H13F3O2/c1-10-9-11(21-2)7-8-12(10)15(20)13-5-3-4-6-14(13)16(17,18)19/h3-9H,1-2H3. The summed E-state index contributed by atoms with van der Waals surface area (Å²) in [7, 11) is 1.48. The highest BCUT2D eigenvalue weighted by molar-refractivity contribution is 6.11. The smallest absolute Gasteiger partial charge is 0.417 e. The van der Waals surface area contributed by atoms with Crippen LogP contribution in [0.1, 0.15) is 27.0 Å². The van der Waals surface area contributed by atoms with E-state index in [0.29, 0.717) is 11.3 Å². The van der Waals surface area contributed by atoms with Crippen LogP contribution in [-0.2, 0) is 6.18 Å². The van der Waals surface area contributed by atoms with E-state index in [9.17, 15) is 18.0 Å². The summed E-state index contributed by atoms with van der Waals surface area (Å²) in [6.45, 7) is 1.66. The first-order valence-corrected chi connectivity index (χ1v) is 6.20. The van der Waals surface area contributed by atoms with Gasteiger partial charge in [0.25, 0.3) is 0 Å². The first-order chi connectivity index (χ1) is 9.84. The van der Waals surface area contributed by atoms with Crippen molar-refractivity contribution in [2.45, 2.75) is 13.1 Å². The SMILES string of the molecule is COc1ccc(C(=O)c2ccccc2C(F)(F)F)c(C)c1. The molecule has 0 saturated carbocycles. The fourth-order valence-electron chi connectivity index (χ4n) is 2.09. The van der Waals surface area contributed by atoms with E-state index in [1.807, 2.05) is 0 Å². The first kappa shape index (κ1) is 15.1. The zero-order valence-corrected chi connectivity index (χ0v) is 11.5. The number of ketones is 1. The second-order valence-electron chi connectivity index (χ2n) is 4.55. The Morgan fingerprint density at radius 1 is 1.05 bits per heavy atom. The van der Waals surface area contributed by atoms with Crippen molar-refractivity contribution in [2.24, 2.45) is 0 Å². The number of rotatable bonds is 3. The predicted octanol–water partition coefficient (Wildman–Crippen LogP) is 4.25. The van der Waals surface area contributed by atoms with Crippen LogP contribution in [0, 0.1) is 6.92 Å². The van der Waals surface area contributed by atoms with E-state index in [0.717, 1.165) is 6.07 Å². The van der Waals surface area contributed by atoms with Crippen molar-refractivity contribution >= 4 is 5.78 Å². The van der Waals surface area contributed by atoms with Crippen molar-refractivity contribution in [1.82, 2.24) is 0 Å². The number of alkyl halides is 3. The minimum atomic E-state index is -4.56. The largest absolute Gasteiger partial charge is 0.497 e. The highest BCUT2D eigenvalue weighted by Gasteiger charge is 2.35. The van der Waals surface area contributed by atoms with E-state index in [1.165, 1.54) is 31.4 Å². The van der Waals surface area contributed by atoms with Crippen LogP contribution in [0.3, 0.4) is 0 Å². The Kier molecular flexibility index (Phi) is 4.02. The number of hydrogen-bond donors (Lipinski definition) is 0. The third-order valence-corrected chi connectivity index (χ3v) is 3.16. The molecule has 110 valence electrons. The van der Waals surface area contributed by atoms with Crippen LogP contribution < -0.4 is 4.74 Å². The molecule has 0 radical (unpaired) electrons. The van der Waals surface area contributed by atoms with Crippen molar-refractivity contribution in [3.8, 4) is 5.75 Å². The molecular weight excluding hydrogens is 281 g/mol. The topological polar surface area (TPSA) is 26.3 Å². The molecule has 0 atom stereocenters. The fourth-order valence-corrected chi connectivity index (χ4v) is 2.09. The highest BCUT2D eigenvalue weighted by atomic mass is 19.4. The van der Waals surface area contributed by atoms with Gasteiger partial charge in [0, 0.05) is 11.1 Å². The average Bonchev–Trinajstić information content (AvgIpc) is 2.45. The molecule has 2 aromatic rings. The Morgan fingerprint density at radius 3 is 2.29 bits per heavy atom. The van der Waals surface area contributed by atoms with Gasteiger partial charge in [0.15, 0.2) is 5.78 Å². The number of halogens is 3. The molecule has 0 N–H and O–H groups in total. The number of aryl methyl sites for hydroxylation is 1. The van der Waals surface area contributed by atoms with Gasteiger partial charge in [-0.15, -0.1) is 0 Å². The first-order valence-electron chi connectivity index (χ1n) is 6.20. The maximum absolute atomic E-state index is 13.0. The van der Waals surface area contributed by atoms with Gasteiger partial charge in [0.2, 0.25) is 0 Å². The third kappa shape index (κ3) is 3.07. The van der Waals surface area contributed by atoms with E-state index >= 15 is 0 Å². The number of carbonyl (C=O) groups excluding carboxylic acids is 1. The molecule has 2 aromatic carbocycles. The average molecular weight is 294 g/mol. The van der Waals surface area contributed by atoms with Crippen molar-refractivity contribution in [2.75, 3.05) is 7.11 Å². The summed E-state index contributed by atoms with van der Waals surface area (Å²) in [6.07, 6.45) is -4.56. The lowest BCUT2D eigenvalue weighted by Crippen LogP contribution is -2.14. The molecule has 0 spiro atoms. The molecule has 0 aliphatic carbocycles. The number of carbonyl (C=O) groups is 1. The van der Waals surface area contributed by atoms with Gasteiger partial charge in [-0.1, -0.05) is 18.2 Å². The molecule has 0 aromatic heterocycles. The highest BCUT2D eigenvalue weighted by Crippen LogP contribution is 2.33. The summed E-state index contributed by atoms with van der Waals surface area (Å²) in [6, 6.07) is 9.42. The molecule has 0 unspecified atom stereocenters. The van der Waals surface area contributed by atoms with Crippen molar-refractivity contribution < 1.29 is 22.7 Å². The van der Waals surface area contributed by atoms with Crippen molar-refractivity contribution in [3.05, 3.63) is 64.7 Å². The van der Waals surface area contributed by atoms with E-state index < -0.39 is 17.5 Å². The second-order valence-corrected chi connectivity index (χ2v) is 4.55. The summed E-state index contributed by atoms with van der Waals surface area (Å²) in [5.74, 6) is -0.101. The molecular formula is C16H13F3O2. The van der Waals surface area contributed by atoms with Gasteiger partial charge >= 0.3 is 6.18 Å². The molecule has 21 heavy (non-hydrogen) atoms. The van der Waals surface area contributed by atoms with Crippen LogP contribution in [0.15, 0.2) is 42.5 Å². The summed E-state index contributed by atoms with van der Waals surface area (Å²) in [4.78, 5) is 12.4. The van der Waals surface area contributed by atoms with E-state index in [4.69, 9.17) is 4.74 Å². The fraction of sp³-hybridized carbons (Fsp3) is 0.188. The lowest BCUT2D eigenvalue weighted by Gasteiger charge is -2.13. The maximum atomic E-state index is 13.0. The van der Waals surface area contributed by atoms with Gasteiger partial charge in [-0.05, 0) is 36.8 Å². The molecule has 0 bridgehead atoms. The second kappa shape index (κ2) is 5.60.